The van der Waals surface area contributed by atoms with Gasteiger partial charge >= 0.3 is 0 Å². The smallest absolute Gasteiger partial charge is 0.227 e. The molecule has 0 saturated carbocycles. The summed E-state index contributed by atoms with van der Waals surface area (Å²) in [6, 6.07) is 10.5. The van der Waals surface area contributed by atoms with Crippen LogP contribution >= 0.6 is 0 Å². The summed E-state index contributed by atoms with van der Waals surface area (Å²) in [5.41, 5.74) is 1.16. The molecule has 8 heteroatoms. The highest BCUT2D eigenvalue weighted by Gasteiger charge is 2.27. The monoisotopic (exact) mass is 481 g/mol. The van der Waals surface area contributed by atoms with Crippen molar-refractivity contribution in [1.82, 2.24) is 14.9 Å². The molecular formula is C27H30F3N5. The average molecular weight is 482 g/mol. The lowest BCUT2D eigenvalue weighted by Crippen LogP contribution is -2.47. The Morgan fingerprint density at radius 3 is 2.37 bits per heavy atom. The first-order valence-electron chi connectivity index (χ1n) is 12.4. The van der Waals surface area contributed by atoms with Gasteiger partial charge in [0.15, 0.2) is 0 Å². The summed E-state index contributed by atoms with van der Waals surface area (Å²) in [6.07, 6.45) is 7.63. The molecule has 0 spiro atoms. The SMILES string of the molecule is Fc1ccc(CNc2nc(N3CCC(N4CCCCC4)CC3)ncc2-c2ccccc2F)c(F)c1. The molecule has 35 heavy (non-hydrogen) atoms. The summed E-state index contributed by atoms with van der Waals surface area (Å²) in [5.74, 6) is -0.664. The van der Waals surface area contributed by atoms with Crippen LogP contribution in [0.3, 0.4) is 0 Å². The molecule has 1 aromatic heterocycles. The van der Waals surface area contributed by atoms with E-state index in [9.17, 15) is 13.2 Å². The van der Waals surface area contributed by atoms with E-state index in [1.807, 2.05) is 0 Å². The maximum atomic E-state index is 14.6. The molecule has 2 aliphatic rings. The normalized spacial score (nSPS) is 17.5. The van der Waals surface area contributed by atoms with Crippen LogP contribution in [0.1, 0.15) is 37.7 Å². The number of likely N-dealkylation sites (tertiary alicyclic amines) is 1. The van der Waals surface area contributed by atoms with E-state index >= 15 is 0 Å². The van der Waals surface area contributed by atoms with Crippen LogP contribution in [0, 0.1) is 17.5 Å². The van der Waals surface area contributed by atoms with Crippen LogP contribution in [0.15, 0.2) is 48.7 Å². The molecule has 1 N–H and O–H groups in total. The maximum absolute atomic E-state index is 14.6. The van der Waals surface area contributed by atoms with Gasteiger partial charge < -0.3 is 15.1 Å². The molecule has 3 heterocycles. The van der Waals surface area contributed by atoms with E-state index in [-0.39, 0.29) is 12.4 Å². The third kappa shape index (κ3) is 5.42. The van der Waals surface area contributed by atoms with Gasteiger partial charge in [-0.3, -0.25) is 0 Å². The molecule has 5 rings (SSSR count). The molecule has 2 fully saturated rings. The van der Waals surface area contributed by atoms with Gasteiger partial charge in [0.1, 0.15) is 23.3 Å². The van der Waals surface area contributed by atoms with Crippen LogP contribution in [-0.4, -0.2) is 47.1 Å². The molecule has 3 aromatic rings. The number of nitrogens with one attached hydrogen (secondary N) is 1. The Bertz CT molecular complexity index is 1160. The molecule has 0 amide bonds. The topological polar surface area (TPSA) is 44.3 Å². The third-order valence-corrected chi connectivity index (χ3v) is 7.06. The van der Waals surface area contributed by atoms with E-state index in [1.165, 1.54) is 50.6 Å². The van der Waals surface area contributed by atoms with Crippen molar-refractivity contribution in [2.75, 3.05) is 36.4 Å². The van der Waals surface area contributed by atoms with Gasteiger partial charge in [0.2, 0.25) is 5.95 Å². The second-order valence-electron chi connectivity index (χ2n) is 9.32. The molecule has 0 radical (unpaired) electrons. The van der Waals surface area contributed by atoms with Gasteiger partial charge in [-0.2, -0.15) is 4.98 Å². The van der Waals surface area contributed by atoms with E-state index in [0.717, 1.165) is 32.0 Å². The van der Waals surface area contributed by atoms with Gasteiger partial charge in [-0.05, 0) is 50.9 Å². The Morgan fingerprint density at radius 2 is 1.63 bits per heavy atom. The Kier molecular flexibility index (Phi) is 7.18. The first-order chi connectivity index (χ1) is 17.1. The molecular weight excluding hydrogens is 451 g/mol. The molecule has 184 valence electrons. The zero-order valence-corrected chi connectivity index (χ0v) is 19.7. The maximum Gasteiger partial charge on any atom is 0.227 e. The second kappa shape index (κ2) is 10.6. The number of halogens is 3. The Balaban J connectivity index is 1.37. The van der Waals surface area contributed by atoms with Crippen LogP contribution < -0.4 is 10.2 Å². The Morgan fingerprint density at radius 1 is 0.857 bits per heavy atom. The zero-order valence-electron chi connectivity index (χ0n) is 19.7. The predicted octanol–water partition coefficient (Wildman–Crippen LogP) is 5.63. The molecule has 0 unspecified atom stereocenters. The van der Waals surface area contributed by atoms with E-state index in [0.29, 0.717) is 34.5 Å². The summed E-state index contributed by atoms with van der Waals surface area (Å²) in [5, 5.41) is 3.14. The van der Waals surface area contributed by atoms with Crippen molar-refractivity contribution in [3.63, 3.8) is 0 Å². The summed E-state index contributed by atoms with van der Waals surface area (Å²) >= 11 is 0. The largest absolute Gasteiger partial charge is 0.365 e. The minimum Gasteiger partial charge on any atom is -0.365 e. The van der Waals surface area contributed by atoms with Crippen LogP contribution in [-0.2, 0) is 6.54 Å². The van der Waals surface area contributed by atoms with Gasteiger partial charge in [-0.15, -0.1) is 0 Å². The fraction of sp³-hybridized carbons (Fsp3) is 0.407. The second-order valence-corrected chi connectivity index (χ2v) is 9.32. The van der Waals surface area contributed by atoms with Crippen LogP contribution in [0.2, 0.25) is 0 Å². The standard InChI is InChI=1S/C27H30F3N5/c28-20-9-8-19(25(30)16-20)17-31-26-23(22-6-2-3-7-24(22)29)18-32-27(33-26)35-14-10-21(11-15-35)34-12-4-1-5-13-34/h2-3,6-9,16,18,21H,1,4-5,10-15,17H2,(H,31,32,33). The molecule has 2 saturated heterocycles. The van der Waals surface area contributed by atoms with Gasteiger partial charge in [0.05, 0.1) is 0 Å². The quantitative estimate of drug-likeness (QED) is 0.495. The summed E-state index contributed by atoms with van der Waals surface area (Å²) in [7, 11) is 0. The lowest BCUT2D eigenvalue weighted by atomic mass is 10.00. The lowest BCUT2D eigenvalue weighted by Gasteiger charge is -2.40. The fourth-order valence-corrected chi connectivity index (χ4v) is 5.09. The van der Waals surface area contributed by atoms with Crippen molar-refractivity contribution < 1.29 is 13.2 Å². The van der Waals surface area contributed by atoms with Gasteiger partial charge in [-0.1, -0.05) is 30.7 Å². The zero-order chi connectivity index (χ0) is 24.2. The highest BCUT2D eigenvalue weighted by atomic mass is 19.1. The average Bonchev–Trinajstić information content (AvgIpc) is 2.89. The molecule has 0 aliphatic carbocycles. The van der Waals surface area contributed by atoms with Crippen LogP contribution in [0.25, 0.3) is 11.1 Å². The predicted molar refractivity (Wildman–Crippen MR) is 132 cm³/mol. The summed E-state index contributed by atoms with van der Waals surface area (Å²) in [6.45, 7) is 4.17. The minimum absolute atomic E-state index is 0.0844. The van der Waals surface area contributed by atoms with Crippen molar-refractivity contribution in [3.8, 4) is 11.1 Å². The van der Waals surface area contributed by atoms with E-state index in [4.69, 9.17) is 4.98 Å². The number of rotatable bonds is 6. The molecule has 0 bridgehead atoms. The molecule has 2 aliphatic heterocycles. The van der Waals surface area contributed by atoms with Crippen LogP contribution in [0.4, 0.5) is 24.9 Å². The van der Waals surface area contributed by atoms with Gasteiger partial charge in [-0.25, -0.2) is 18.2 Å². The van der Waals surface area contributed by atoms with Crippen LogP contribution in [0.5, 0.6) is 0 Å². The van der Waals surface area contributed by atoms with Crippen molar-refractivity contribution in [2.45, 2.75) is 44.7 Å². The molecule has 5 nitrogen and oxygen atoms in total. The number of nitrogens with zero attached hydrogens (tertiary/aromatic N) is 4. The van der Waals surface area contributed by atoms with Gasteiger partial charge in [0.25, 0.3) is 0 Å². The van der Waals surface area contributed by atoms with E-state index < -0.39 is 11.6 Å². The Hall–Kier alpha value is -3.13. The Labute approximate surface area is 204 Å². The van der Waals surface area contributed by atoms with Gasteiger partial charge in [0, 0.05) is 54.6 Å². The number of benzene rings is 2. The first kappa shape index (κ1) is 23.6. The number of piperidine rings is 2. The highest BCUT2D eigenvalue weighted by molar-refractivity contribution is 5.75. The van der Waals surface area contributed by atoms with Crippen molar-refractivity contribution in [2.24, 2.45) is 0 Å². The van der Waals surface area contributed by atoms with E-state index in [1.54, 1.807) is 24.4 Å². The molecule has 0 atom stereocenters. The van der Waals surface area contributed by atoms with Crippen molar-refractivity contribution in [3.05, 3.63) is 71.7 Å². The van der Waals surface area contributed by atoms with Crippen molar-refractivity contribution in [1.29, 1.82) is 0 Å². The summed E-state index contributed by atoms with van der Waals surface area (Å²) in [4.78, 5) is 14.1. The summed E-state index contributed by atoms with van der Waals surface area (Å²) < 4.78 is 42.1. The van der Waals surface area contributed by atoms with Crippen molar-refractivity contribution >= 4 is 11.8 Å². The highest BCUT2D eigenvalue weighted by Crippen LogP contribution is 2.31. The first-order valence-corrected chi connectivity index (χ1v) is 12.4. The third-order valence-electron chi connectivity index (χ3n) is 7.06. The minimum atomic E-state index is -0.640. The fourth-order valence-electron chi connectivity index (χ4n) is 5.09. The number of aromatic nitrogens is 2. The number of anilines is 2. The van der Waals surface area contributed by atoms with E-state index in [2.05, 4.69) is 20.1 Å². The molecule has 2 aromatic carbocycles. The lowest BCUT2D eigenvalue weighted by molar-refractivity contribution is 0.141. The number of hydrogen-bond acceptors (Lipinski definition) is 5. The number of hydrogen-bond donors (Lipinski definition) is 1.